The van der Waals surface area contributed by atoms with Gasteiger partial charge in [-0.2, -0.15) is 0 Å². The van der Waals surface area contributed by atoms with Crippen molar-refractivity contribution < 1.29 is 14.6 Å². The van der Waals surface area contributed by atoms with Gasteiger partial charge in [-0.05, 0) is 27.2 Å². The summed E-state index contributed by atoms with van der Waals surface area (Å²) in [5, 5.41) is 12.4. The van der Waals surface area contributed by atoms with Gasteiger partial charge >= 0.3 is 6.09 Å². The van der Waals surface area contributed by atoms with Crippen LogP contribution in [0.15, 0.2) is 0 Å². The van der Waals surface area contributed by atoms with Crippen molar-refractivity contribution in [3.05, 3.63) is 0 Å². The van der Waals surface area contributed by atoms with Crippen LogP contribution < -0.4 is 5.32 Å². The summed E-state index contributed by atoms with van der Waals surface area (Å²) in [4.78, 5) is 13.3. The van der Waals surface area contributed by atoms with Gasteiger partial charge in [-0.1, -0.05) is 6.92 Å². The zero-order valence-electron chi connectivity index (χ0n) is 11.2. The van der Waals surface area contributed by atoms with Crippen LogP contribution in [0.4, 0.5) is 4.79 Å². The molecule has 1 rings (SSSR count). The van der Waals surface area contributed by atoms with E-state index in [1.165, 1.54) is 0 Å². The molecule has 0 spiro atoms. The average Bonchev–Trinajstić information content (AvgIpc) is 2.13. The zero-order valence-corrected chi connectivity index (χ0v) is 11.2. The molecule has 1 aliphatic heterocycles. The van der Waals surface area contributed by atoms with Crippen molar-refractivity contribution >= 4 is 6.09 Å². The Morgan fingerprint density at radius 1 is 1.53 bits per heavy atom. The molecular weight excluding hydrogens is 220 g/mol. The molecule has 0 aromatic carbocycles. The van der Waals surface area contributed by atoms with Gasteiger partial charge in [-0.15, -0.1) is 0 Å². The van der Waals surface area contributed by atoms with Gasteiger partial charge in [0.2, 0.25) is 0 Å². The summed E-state index contributed by atoms with van der Waals surface area (Å²) in [6.07, 6.45) is 0.631. The first-order valence-corrected chi connectivity index (χ1v) is 6.20. The standard InChI is InChI=1S/C12H24N2O3/c1-5-9(8-15)13-10-6-14(7-10)11(16)17-12(2,3)4/h9-10,13,15H,5-8H2,1-4H3/t9-/m1/s1. The summed E-state index contributed by atoms with van der Waals surface area (Å²) in [6, 6.07) is 0.403. The molecule has 1 amide bonds. The lowest BCUT2D eigenvalue weighted by molar-refractivity contribution is 0.00333. The number of carbonyl (C=O) groups is 1. The van der Waals surface area contributed by atoms with E-state index in [1.807, 2.05) is 27.7 Å². The number of nitrogens with zero attached hydrogens (tertiary/aromatic N) is 1. The SMILES string of the molecule is CC[C@H](CO)NC1CN(C(=O)OC(C)(C)C)C1. The van der Waals surface area contributed by atoms with Gasteiger partial charge in [0.15, 0.2) is 0 Å². The average molecular weight is 244 g/mol. The van der Waals surface area contributed by atoms with Crippen LogP contribution in [-0.4, -0.2) is 53.5 Å². The number of aliphatic hydroxyl groups excluding tert-OH is 1. The minimum absolute atomic E-state index is 0.126. The van der Waals surface area contributed by atoms with E-state index >= 15 is 0 Å². The monoisotopic (exact) mass is 244 g/mol. The highest BCUT2D eigenvalue weighted by Crippen LogP contribution is 2.15. The summed E-state index contributed by atoms with van der Waals surface area (Å²) in [6.45, 7) is 9.06. The van der Waals surface area contributed by atoms with E-state index in [1.54, 1.807) is 4.90 Å². The molecule has 5 nitrogen and oxygen atoms in total. The summed E-state index contributed by atoms with van der Waals surface area (Å²) in [7, 11) is 0. The van der Waals surface area contributed by atoms with E-state index in [4.69, 9.17) is 9.84 Å². The van der Waals surface area contributed by atoms with Crippen LogP contribution in [0.25, 0.3) is 0 Å². The highest BCUT2D eigenvalue weighted by molar-refractivity contribution is 5.69. The molecule has 1 aliphatic rings. The quantitative estimate of drug-likeness (QED) is 0.773. The van der Waals surface area contributed by atoms with Crippen molar-refractivity contribution in [3.63, 3.8) is 0 Å². The Balaban J connectivity index is 2.25. The fraction of sp³-hybridized carbons (Fsp3) is 0.917. The molecule has 5 heteroatoms. The number of amides is 1. The number of carbonyl (C=O) groups excluding carboxylic acids is 1. The minimum atomic E-state index is -0.438. The van der Waals surface area contributed by atoms with Crippen molar-refractivity contribution in [2.75, 3.05) is 19.7 Å². The molecule has 2 N–H and O–H groups in total. The van der Waals surface area contributed by atoms with E-state index in [0.717, 1.165) is 6.42 Å². The van der Waals surface area contributed by atoms with Crippen LogP contribution in [0.1, 0.15) is 34.1 Å². The van der Waals surface area contributed by atoms with Crippen molar-refractivity contribution in [2.24, 2.45) is 0 Å². The third kappa shape index (κ3) is 4.52. The van der Waals surface area contributed by atoms with Crippen LogP contribution >= 0.6 is 0 Å². The number of aliphatic hydroxyl groups is 1. The summed E-state index contributed by atoms with van der Waals surface area (Å²) < 4.78 is 5.26. The first-order valence-electron chi connectivity index (χ1n) is 6.20. The van der Waals surface area contributed by atoms with Crippen molar-refractivity contribution in [1.82, 2.24) is 10.2 Å². The summed E-state index contributed by atoms with van der Waals surface area (Å²) in [5.41, 5.74) is -0.438. The number of ether oxygens (including phenoxy) is 1. The van der Waals surface area contributed by atoms with Gasteiger partial charge in [0.1, 0.15) is 5.60 Å². The maximum atomic E-state index is 11.6. The predicted octanol–water partition coefficient (Wildman–Crippen LogP) is 0.966. The minimum Gasteiger partial charge on any atom is -0.444 e. The number of hydrogen-bond donors (Lipinski definition) is 2. The maximum Gasteiger partial charge on any atom is 0.410 e. The zero-order chi connectivity index (χ0) is 13.1. The molecule has 100 valence electrons. The Hall–Kier alpha value is -0.810. The molecule has 0 radical (unpaired) electrons. The predicted molar refractivity (Wildman–Crippen MR) is 65.9 cm³/mol. The normalized spacial score (nSPS) is 18.8. The molecule has 0 aliphatic carbocycles. The number of rotatable bonds is 4. The fourth-order valence-corrected chi connectivity index (χ4v) is 1.69. The number of likely N-dealkylation sites (tertiary alicyclic amines) is 1. The second-order valence-electron chi connectivity index (χ2n) is 5.54. The first kappa shape index (κ1) is 14.3. The Morgan fingerprint density at radius 3 is 2.53 bits per heavy atom. The van der Waals surface area contributed by atoms with Crippen LogP contribution in [0.2, 0.25) is 0 Å². The maximum absolute atomic E-state index is 11.6. The second kappa shape index (κ2) is 5.69. The number of nitrogens with one attached hydrogen (secondary N) is 1. The number of hydrogen-bond acceptors (Lipinski definition) is 4. The Morgan fingerprint density at radius 2 is 2.12 bits per heavy atom. The Bertz CT molecular complexity index is 253. The van der Waals surface area contributed by atoms with E-state index in [2.05, 4.69) is 5.32 Å². The van der Waals surface area contributed by atoms with E-state index < -0.39 is 5.60 Å². The molecule has 17 heavy (non-hydrogen) atoms. The van der Waals surface area contributed by atoms with Crippen molar-refractivity contribution in [2.45, 2.75) is 51.8 Å². The summed E-state index contributed by atoms with van der Waals surface area (Å²) in [5.74, 6) is 0. The third-order valence-corrected chi connectivity index (χ3v) is 2.72. The fourth-order valence-electron chi connectivity index (χ4n) is 1.69. The highest BCUT2D eigenvalue weighted by Gasteiger charge is 2.34. The van der Waals surface area contributed by atoms with Gasteiger partial charge in [0.05, 0.1) is 6.61 Å². The van der Waals surface area contributed by atoms with Gasteiger partial charge in [0, 0.05) is 25.2 Å². The van der Waals surface area contributed by atoms with E-state index in [-0.39, 0.29) is 24.8 Å². The molecule has 0 aromatic rings. The first-order chi connectivity index (χ1) is 7.85. The van der Waals surface area contributed by atoms with Crippen LogP contribution in [0.5, 0.6) is 0 Å². The molecule has 0 unspecified atom stereocenters. The molecule has 0 saturated carbocycles. The highest BCUT2D eigenvalue weighted by atomic mass is 16.6. The third-order valence-electron chi connectivity index (χ3n) is 2.72. The van der Waals surface area contributed by atoms with E-state index in [0.29, 0.717) is 13.1 Å². The molecule has 1 saturated heterocycles. The van der Waals surface area contributed by atoms with Gasteiger partial charge < -0.3 is 20.1 Å². The van der Waals surface area contributed by atoms with Crippen molar-refractivity contribution in [1.29, 1.82) is 0 Å². The molecule has 0 aromatic heterocycles. The van der Waals surface area contributed by atoms with Crippen LogP contribution in [0, 0.1) is 0 Å². The van der Waals surface area contributed by atoms with E-state index in [9.17, 15) is 4.79 Å². The summed E-state index contributed by atoms with van der Waals surface area (Å²) >= 11 is 0. The molecule has 1 atom stereocenters. The second-order valence-corrected chi connectivity index (χ2v) is 5.54. The van der Waals surface area contributed by atoms with Gasteiger partial charge in [-0.25, -0.2) is 4.79 Å². The Kier molecular flexibility index (Phi) is 4.77. The Labute approximate surface area is 103 Å². The largest absolute Gasteiger partial charge is 0.444 e. The van der Waals surface area contributed by atoms with Crippen LogP contribution in [-0.2, 0) is 4.74 Å². The van der Waals surface area contributed by atoms with Crippen LogP contribution in [0.3, 0.4) is 0 Å². The topological polar surface area (TPSA) is 61.8 Å². The molecule has 0 bridgehead atoms. The smallest absolute Gasteiger partial charge is 0.410 e. The molecule has 1 fully saturated rings. The molecular formula is C12H24N2O3. The van der Waals surface area contributed by atoms with Gasteiger partial charge in [-0.3, -0.25) is 0 Å². The van der Waals surface area contributed by atoms with Crippen molar-refractivity contribution in [3.8, 4) is 0 Å². The lowest BCUT2D eigenvalue weighted by atomic mass is 10.1. The molecule has 1 heterocycles. The van der Waals surface area contributed by atoms with Gasteiger partial charge in [0.25, 0.3) is 0 Å². The lowest BCUT2D eigenvalue weighted by Crippen LogP contribution is -2.62. The lowest BCUT2D eigenvalue weighted by Gasteiger charge is -2.41.